The predicted molar refractivity (Wildman–Crippen MR) is 70.1 cm³/mol. The van der Waals surface area contributed by atoms with Crippen LogP contribution in [0.4, 0.5) is 5.13 Å². The van der Waals surface area contributed by atoms with Gasteiger partial charge in [-0.1, -0.05) is 13.8 Å². The fraction of sp³-hybridized carbons (Fsp3) is 0.750. The van der Waals surface area contributed by atoms with Crippen molar-refractivity contribution in [1.82, 2.24) is 10.3 Å². The maximum Gasteiger partial charge on any atom is 0.185 e. The summed E-state index contributed by atoms with van der Waals surface area (Å²) in [6, 6.07) is 0. The Morgan fingerprint density at radius 1 is 1.44 bits per heavy atom. The van der Waals surface area contributed by atoms with Gasteiger partial charge in [0.15, 0.2) is 5.13 Å². The van der Waals surface area contributed by atoms with E-state index in [2.05, 4.69) is 34.4 Å². The molecule has 2 heterocycles. The maximum atomic E-state index is 4.67. The molecule has 0 spiro atoms. The topological polar surface area (TPSA) is 28.2 Å². The first-order valence-electron chi connectivity index (χ1n) is 6.16. The first kappa shape index (κ1) is 11.9. The number of nitrogens with zero attached hydrogens (tertiary/aromatic N) is 2. The molecule has 0 bridgehead atoms. The molecule has 0 amide bonds. The van der Waals surface area contributed by atoms with E-state index in [0.29, 0.717) is 5.92 Å². The zero-order valence-electron chi connectivity index (χ0n) is 10.2. The average molecular weight is 239 g/mol. The highest BCUT2D eigenvalue weighted by Gasteiger charge is 2.15. The van der Waals surface area contributed by atoms with E-state index in [1.54, 1.807) is 11.3 Å². The molecule has 1 fully saturated rings. The number of hydrogen-bond donors (Lipinski definition) is 1. The monoisotopic (exact) mass is 239 g/mol. The van der Waals surface area contributed by atoms with Gasteiger partial charge in [0, 0.05) is 25.0 Å². The summed E-state index contributed by atoms with van der Waals surface area (Å²) < 4.78 is 0. The van der Waals surface area contributed by atoms with Crippen LogP contribution in [-0.4, -0.2) is 24.6 Å². The highest BCUT2D eigenvalue weighted by atomic mass is 32.1. The molecule has 0 aromatic carbocycles. The second-order valence-corrected chi connectivity index (χ2v) is 5.68. The quantitative estimate of drug-likeness (QED) is 0.855. The van der Waals surface area contributed by atoms with Crippen LogP contribution in [0.5, 0.6) is 0 Å². The smallest absolute Gasteiger partial charge is 0.185 e. The number of rotatable bonds is 5. The van der Waals surface area contributed by atoms with Crippen molar-refractivity contribution in [3.8, 4) is 0 Å². The summed E-state index contributed by atoms with van der Waals surface area (Å²) >= 11 is 1.78. The summed E-state index contributed by atoms with van der Waals surface area (Å²) in [5.74, 6) is 0.705. The minimum atomic E-state index is 0.705. The van der Waals surface area contributed by atoms with E-state index in [1.165, 1.54) is 36.8 Å². The van der Waals surface area contributed by atoms with Crippen LogP contribution in [0.1, 0.15) is 32.4 Å². The lowest BCUT2D eigenvalue weighted by Gasteiger charge is -2.12. The SMILES string of the molecule is CC(C)CNCc1csc(N2CCCC2)n1. The maximum absolute atomic E-state index is 4.67. The molecule has 0 unspecified atom stereocenters. The Morgan fingerprint density at radius 3 is 2.88 bits per heavy atom. The van der Waals surface area contributed by atoms with Crippen molar-refractivity contribution in [1.29, 1.82) is 0 Å². The second kappa shape index (κ2) is 5.64. The summed E-state index contributed by atoms with van der Waals surface area (Å²) in [6.07, 6.45) is 2.64. The first-order chi connectivity index (χ1) is 7.75. The lowest BCUT2D eigenvalue weighted by atomic mass is 10.2. The molecule has 1 saturated heterocycles. The fourth-order valence-electron chi connectivity index (χ4n) is 1.92. The Kier molecular flexibility index (Phi) is 4.18. The summed E-state index contributed by atoms with van der Waals surface area (Å²) in [5, 5.41) is 6.82. The van der Waals surface area contributed by atoms with Crippen LogP contribution >= 0.6 is 11.3 Å². The Bertz CT molecular complexity index is 316. The van der Waals surface area contributed by atoms with Crippen LogP contribution in [-0.2, 0) is 6.54 Å². The van der Waals surface area contributed by atoms with Gasteiger partial charge in [-0.15, -0.1) is 11.3 Å². The van der Waals surface area contributed by atoms with Gasteiger partial charge in [0.25, 0.3) is 0 Å². The molecule has 1 aliphatic rings. The van der Waals surface area contributed by atoms with E-state index < -0.39 is 0 Å². The Labute approximate surface area is 102 Å². The highest BCUT2D eigenvalue weighted by molar-refractivity contribution is 7.13. The molecular weight excluding hydrogens is 218 g/mol. The lowest BCUT2D eigenvalue weighted by Crippen LogP contribution is -2.20. The van der Waals surface area contributed by atoms with Gasteiger partial charge >= 0.3 is 0 Å². The van der Waals surface area contributed by atoms with Crippen molar-refractivity contribution in [2.24, 2.45) is 5.92 Å². The Hall–Kier alpha value is -0.610. The third-order valence-corrected chi connectivity index (χ3v) is 3.73. The van der Waals surface area contributed by atoms with Crippen molar-refractivity contribution in [2.75, 3.05) is 24.5 Å². The van der Waals surface area contributed by atoms with E-state index in [0.717, 1.165) is 13.1 Å². The minimum absolute atomic E-state index is 0.705. The summed E-state index contributed by atoms with van der Waals surface area (Å²) in [6.45, 7) is 8.80. The standard InChI is InChI=1S/C12H21N3S/c1-10(2)7-13-8-11-9-16-12(14-11)15-5-3-4-6-15/h9-10,13H,3-8H2,1-2H3. The minimum Gasteiger partial charge on any atom is -0.348 e. The van der Waals surface area contributed by atoms with E-state index >= 15 is 0 Å². The number of nitrogens with one attached hydrogen (secondary N) is 1. The van der Waals surface area contributed by atoms with Crippen LogP contribution in [0.25, 0.3) is 0 Å². The summed E-state index contributed by atoms with van der Waals surface area (Å²) in [4.78, 5) is 7.07. The number of aromatic nitrogens is 1. The molecule has 0 radical (unpaired) electrons. The van der Waals surface area contributed by atoms with Crippen LogP contribution in [0.15, 0.2) is 5.38 Å². The number of anilines is 1. The summed E-state index contributed by atoms with van der Waals surface area (Å²) in [7, 11) is 0. The van der Waals surface area contributed by atoms with Crippen molar-refractivity contribution in [3.63, 3.8) is 0 Å². The zero-order chi connectivity index (χ0) is 11.4. The molecule has 16 heavy (non-hydrogen) atoms. The lowest BCUT2D eigenvalue weighted by molar-refractivity contribution is 0.549. The molecule has 1 N–H and O–H groups in total. The average Bonchev–Trinajstić information content (AvgIpc) is 2.85. The van der Waals surface area contributed by atoms with Gasteiger partial charge in [0.2, 0.25) is 0 Å². The van der Waals surface area contributed by atoms with Gasteiger partial charge in [0.05, 0.1) is 5.69 Å². The van der Waals surface area contributed by atoms with Crippen LogP contribution in [0.2, 0.25) is 0 Å². The Balaban J connectivity index is 1.82. The van der Waals surface area contributed by atoms with Crippen molar-refractivity contribution < 1.29 is 0 Å². The predicted octanol–water partition coefficient (Wildman–Crippen LogP) is 2.49. The third kappa shape index (κ3) is 3.19. The number of hydrogen-bond acceptors (Lipinski definition) is 4. The van der Waals surface area contributed by atoms with Crippen LogP contribution in [0, 0.1) is 5.92 Å². The molecular formula is C12H21N3S. The molecule has 0 aliphatic carbocycles. The molecule has 1 aromatic heterocycles. The molecule has 3 nitrogen and oxygen atoms in total. The fourth-order valence-corrected chi connectivity index (χ4v) is 2.80. The second-order valence-electron chi connectivity index (χ2n) is 4.84. The van der Waals surface area contributed by atoms with Gasteiger partial charge in [-0.25, -0.2) is 4.98 Å². The zero-order valence-corrected chi connectivity index (χ0v) is 11.0. The Morgan fingerprint density at radius 2 is 2.19 bits per heavy atom. The van der Waals surface area contributed by atoms with Gasteiger partial charge < -0.3 is 10.2 Å². The molecule has 1 aromatic rings. The van der Waals surface area contributed by atoms with Crippen LogP contribution < -0.4 is 10.2 Å². The van der Waals surface area contributed by atoms with E-state index in [1.807, 2.05) is 0 Å². The van der Waals surface area contributed by atoms with E-state index in [-0.39, 0.29) is 0 Å². The summed E-state index contributed by atoms with van der Waals surface area (Å²) in [5.41, 5.74) is 1.19. The molecule has 4 heteroatoms. The molecule has 90 valence electrons. The van der Waals surface area contributed by atoms with E-state index in [4.69, 9.17) is 0 Å². The van der Waals surface area contributed by atoms with E-state index in [9.17, 15) is 0 Å². The largest absolute Gasteiger partial charge is 0.348 e. The van der Waals surface area contributed by atoms with Gasteiger partial charge in [-0.05, 0) is 25.3 Å². The van der Waals surface area contributed by atoms with Crippen molar-refractivity contribution in [2.45, 2.75) is 33.2 Å². The molecule has 2 rings (SSSR count). The molecule has 0 saturated carbocycles. The normalized spacial score (nSPS) is 16.3. The number of thiazole rings is 1. The first-order valence-corrected chi connectivity index (χ1v) is 7.04. The van der Waals surface area contributed by atoms with Gasteiger partial charge in [-0.3, -0.25) is 0 Å². The van der Waals surface area contributed by atoms with Crippen molar-refractivity contribution in [3.05, 3.63) is 11.1 Å². The van der Waals surface area contributed by atoms with Gasteiger partial charge in [-0.2, -0.15) is 0 Å². The highest BCUT2D eigenvalue weighted by Crippen LogP contribution is 2.24. The van der Waals surface area contributed by atoms with Crippen molar-refractivity contribution >= 4 is 16.5 Å². The third-order valence-electron chi connectivity index (χ3n) is 2.77. The van der Waals surface area contributed by atoms with Crippen LogP contribution in [0.3, 0.4) is 0 Å². The molecule has 0 atom stereocenters. The van der Waals surface area contributed by atoms with Gasteiger partial charge in [0.1, 0.15) is 0 Å². The molecule has 1 aliphatic heterocycles.